The molecule has 0 unspecified atom stereocenters. The standard InChI is InChI=1S/C30H28N2O4/c1-4-32-16-21(22-10-6-7-11-24(22)32)14-27-29(33)28-19(2)13-26-23(30(28)36-27)17-31(18-35-26)15-20-9-5-8-12-25(20)34-3/h5-14,16H,4,15,17-18H2,1-3H3/b27-14-. The lowest BCUT2D eigenvalue weighted by Gasteiger charge is -2.30. The minimum Gasteiger partial charge on any atom is -0.496 e. The van der Waals surface area contributed by atoms with Gasteiger partial charge in [0.1, 0.15) is 24.0 Å². The highest BCUT2D eigenvalue weighted by Gasteiger charge is 2.35. The summed E-state index contributed by atoms with van der Waals surface area (Å²) in [5.74, 6) is 2.51. The Hall–Kier alpha value is -4.03. The van der Waals surface area contributed by atoms with Crippen molar-refractivity contribution in [1.82, 2.24) is 9.47 Å². The molecule has 0 spiro atoms. The first-order valence-electron chi connectivity index (χ1n) is 12.2. The number of nitrogens with zero attached hydrogens (tertiary/aromatic N) is 2. The molecule has 0 aliphatic carbocycles. The lowest BCUT2D eigenvalue weighted by atomic mass is 9.98. The van der Waals surface area contributed by atoms with Crippen molar-refractivity contribution >= 4 is 22.8 Å². The molecule has 0 fully saturated rings. The number of ketones is 1. The Morgan fingerprint density at radius 1 is 1.11 bits per heavy atom. The van der Waals surface area contributed by atoms with Crippen molar-refractivity contribution in [2.45, 2.75) is 33.5 Å². The number of hydrogen-bond acceptors (Lipinski definition) is 5. The van der Waals surface area contributed by atoms with E-state index in [1.54, 1.807) is 7.11 Å². The van der Waals surface area contributed by atoms with E-state index in [4.69, 9.17) is 14.2 Å². The van der Waals surface area contributed by atoms with Crippen LogP contribution in [0.3, 0.4) is 0 Å². The van der Waals surface area contributed by atoms with Crippen LogP contribution >= 0.6 is 0 Å². The smallest absolute Gasteiger partial charge is 0.232 e. The summed E-state index contributed by atoms with van der Waals surface area (Å²) in [7, 11) is 1.68. The Morgan fingerprint density at radius 3 is 2.75 bits per heavy atom. The Morgan fingerprint density at radius 2 is 1.92 bits per heavy atom. The number of hydrogen-bond donors (Lipinski definition) is 0. The lowest BCUT2D eigenvalue weighted by molar-refractivity contribution is 0.0864. The molecule has 0 radical (unpaired) electrons. The van der Waals surface area contributed by atoms with Crippen LogP contribution in [0.25, 0.3) is 17.0 Å². The van der Waals surface area contributed by atoms with E-state index in [1.165, 1.54) is 0 Å². The highest BCUT2D eigenvalue weighted by molar-refractivity contribution is 6.16. The third kappa shape index (κ3) is 3.65. The highest BCUT2D eigenvalue weighted by atomic mass is 16.5. The molecule has 0 amide bonds. The monoisotopic (exact) mass is 480 g/mol. The summed E-state index contributed by atoms with van der Waals surface area (Å²) in [5, 5.41) is 1.10. The number of allylic oxidation sites excluding steroid dienone is 1. The number of fused-ring (bicyclic) bond motifs is 4. The summed E-state index contributed by atoms with van der Waals surface area (Å²) in [6.07, 6.45) is 3.96. The molecule has 0 saturated carbocycles. The quantitative estimate of drug-likeness (QED) is 0.331. The van der Waals surface area contributed by atoms with E-state index in [1.807, 2.05) is 49.4 Å². The van der Waals surface area contributed by atoms with Crippen molar-refractivity contribution in [2.24, 2.45) is 0 Å². The molecule has 1 aromatic heterocycles. The molecule has 6 rings (SSSR count). The van der Waals surface area contributed by atoms with Gasteiger partial charge in [0.25, 0.3) is 0 Å². The van der Waals surface area contributed by atoms with Crippen molar-refractivity contribution < 1.29 is 19.0 Å². The Kier molecular flexibility index (Phi) is 5.53. The molecule has 2 aliphatic heterocycles. The molecule has 182 valence electrons. The molecule has 0 N–H and O–H groups in total. The maximum Gasteiger partial charge on any atom is 0.232 e. The summed E-state index contributed by atoms with van der Waals surface area (Å²) < 4.78 is 20.1. The first kappa shape index (κ1) is 22.4. The predicted octanol–water partition coefficient (Wildman–Crippen LogP) is 5.95. The molecule has 0 bridgehead atoms. The van der Waals surface area contributed by atoms with Gasteiger partial charge in [-0.1, -0.05) is 36.4 Å². The fourth-order valence-corrected chi connectivity index (χ4v) is 5.24. The molecule has 3 heterocycles. The fraction of sp³-hybridized carbons (Fsp3) is 0.233. The van der Waals surface area contributed by atoms with Crippen molar-refractivity contribution in [2.75, 3.05) is 13.8 Å². The highest BCUT2D eigenvalue weighted by Crippen LogP contribution is 2.44. The van der Waals surface area contributed by atoms with Crippen molar-refractivity contribution in [1.29, 1.82) is 0 Å². The number of ether oxygens (including phenoxy) is 3. The van der Waals surface area contributed by atoms with Crippen LogP contribution in [0.1, 0.15) is 39.5 Å². The second-order valence-electron chi connectivity index (χ2n) is 9.27. The van der Waals surface area contributed by atoms with Gasteiger partial charge in [-0.3, -0.25) is 9.69 Å². The Labute approximate surface area is 210 Å². The normalized spacial score (nSPS) is 16.1. The summed E-state index contributed by atoms with van der Waals surface area (Å²) >= 11 is 0. The zero-order valence-electron chi connectivity index (χ0n) is 20.7. The second-order valence-corrected chi connectivity index (χ2v) is 9.27. The number of benzene rings is 3. The van der Waals surface area contributed by atoms with Crippen molar-refractivity contribution in [3.63, 3.8) is 0 Å². The Bertz CT molecular complexity index is 1530. The molecular formula is C30H28N2O4. The number of Topliss-reactive ketones (excluding diaryl/α,β-unsaturated/α-hetero) is 1. The van der Waals surface area contributed by atoms with E-state index in [0.717, 1.165) is 51.2 Å². The number of aromatic nitrogens is 1. The molecule has 3 aromatic carbocycles. The molecule has 2 aliphatic rings. The van der Waals surface area contributed by atoms with E-state index in [0.29, 0.717) is 36.9 Å². The van der Waals surface area contributed by atoms with Gasteiger partial charge < -0.3 is 18.8 Å². The van der Waals surface area contributed by atoms with Crippen LogP contribution in [0.2, 0.25) is 0 Å². The van der Waals surface area contributed by atoms with Gasteiger partial charge in [-0.05, 0) is 43.7 Å². The van der Waals surface area contributed by atoms with Gasteiger partial charge in [-0.2, -0.15) is 0 Å². The second kappa shape index (κ2) is 8.88. The molecule has 6 nitrogen and oxygen atoms in total. The number of carbonyl (C=O) groups is 1. The Balaban J connectivity index is 1.35. The fourth-order valence-electron chi connectivity index (χ4n) is 5.24. The van der Waals surface area contributed by atoms with Crippen molar-refractivity contribution in [3.05, 3.63) is 94.4 Å². The number of methoxy groups -OCH3 is 1. The van der Waals surface area contributed by atoms with E-state index in [9.17, 15) is 4.79 Å². The first-order valence-corrected chi connectivity index (χ1v) is 12.2. The van der Waals surface area contributed by atoms with Gasteiger partial charge in [0.15, 0.2) is 5.76 Å². The minimum atomic E-state index is -0.0829. The van der Waals surface area contributed by atoms with Gasteiger partial charge in [-0.15, -0.1) is 0 Å². The molecule has 0 atom stereocenters. The van der Waals surface area contributed by atoms with Crippen molar-refractivity contribution in [3.8, 4) is 17.2 Å². The molecule has 6 heteroatoms. The zero-order valence-corrected chi connectivity index (χ0v) is 20.7. The summed E-state index contributed by atoms with van der Waals surface area (Å²) in [6.45, 7) is 6.64. The van der Waals surface area contributed by atoms with Gasteiger partial charge >= 0.3 is 0 Å². The number of aryl methyl sites for hydroxylation is 2. The van der Waals surface area contributed by atoms with Crippen LogP contribution < -0.4 is 14.2 Å². The zero-order chi connectivity index (χ0) is 24.8. The predicted molar refractivity (Wildman–Crippen MR) is 139 cm³/mol. The average molecular weight is 481 g/mol. The van der Waals surface area contributed by atoms with E-state index >= 15 is 0 Å². The van der Waals surface area contributed by atoms with Gasteiger partial charge in [-0.25, -0.2) is 0 Å². The molecule has 36 heavy (non-hydrogen) atoms. The van der Waals surface area contributed by atoms with Gasteiger partial charge in [0.2, 0.25) is 5.78 Å². The number of para-hydroxylation sites is 2. The first-order chi connectivity index (χ1) is 17.6. The molecule has 4 aromatic rings. The molecular weight excluding hydrogens is 452 g/mol. The summed E-state index contributed by atoms with van der Waals surface area (Å²) in [4.78, 5) is 15.7. The van der Waals surface area contributed by atoms with Gasteiger partial charge in [0.05, 0.1) is 18.2 Å². The van der Waals surface area contributed by atoms with E-state index in [2.05, 4.69) is 40.8 Å². The number of rotatable bonds is 5. The summed E-state index contributed by atoms with van der Waals surface area (Å²) in [6, 6.07) is 18.2. The van der Waals surface area contributed by atoms with Crippen LogP contribution in [0, 0.1) is 6.92 Å². The third-order valence-electron chi connectivity index (χ3n) is 7.02. The lowest BCUT2D eigenvalue weighted by Crippen LogP contribution is -2.32. The SMILES string of the molecule is CCn1cc(/C=C2\Oc3c4c(cc(C)c3C2=O)OCN(Cc2ccccc2OC)C4)c2ccccc21. The van der Waals surface area contributed by atoms with E-state index < -0.39 is 0 Å². The maximum absolute atomic E-state index is 13.5. The van der Waals surface area contributed by atoms with E-state index in [-0.39, 0.29) is 5.78 Å². The maximum atomic E-state index is 13.5. The average Bonchev–Trinajstić information content (AvgIpc) is 3.43. The van der Waals surface area contributed by atoms with Crippen LogP contribution in [0.15, 0.2) is 66.6 Å². The minimum absolute atomic E-state index is 0.0829. The summed E-state index contributed by atoms with van der Waals surface area (Å²) in [5.41, 5.74) is 5.60. The van der Waals surface area contributed by atoms with Crippen LogP contribution in [-0.4, -0.2) is 29.1 Å². The van der Waals surface area contributed by atoms with Crippen LogP contribution in [0.5, 0.6) is 17.2 Å². The van der Waals surface area contributed by atoms with Gasteiger partial charge in [0, 0.05) is 47.9 Å². The van der Waals surface area contributed by atoms with Crippen LogP contribution in [-0.2, 0) is 19.6 Å². The third-order valence-corrected chi connectivity index (χ3v) is 7.02. The number of carbonyl (C=O) groups excluding carboxylic acids is 1. The topological polar surface area (TPSA) is 52.9 Å². The van der Waals surface area contributed by atoms with Crippen LogP contribution in [0.4, 0.5) is 0 Å². The molecule has 0 saturated heterocycles. The largest absolute Gasteiger partial charge is 0.496 e.